The summed E-state index contributed by atoms with van der Waals surface area (Å²) in [6.45, 7) is 3.76. The third kappa shape index (κ3) is 4.82. The number of aliphatic hydroxyl groups excluding tert-OH is 1. The first-order valence-electron chi connectivity index (χ1n) is 10.6. The first-order valence-corrected chi connectivity index (χ1v) is 10.6. The largest absolute Gasteiger partial charge is 0.462 e. The molecule has 6 nitrogen and oxygen atoms in total. The van der Waals surface area contributed by atoms with Crippen molar-refractivity contribution < 1.29 is 19.4 Å². The summed E-state index contributed by atoms with van der Waals surface area (Å²) in [5, 5.41) is 10.3. The van der Waals surface area contributed by atoms with Crippen LogP contribution in [-0.4, -0.2) is 43.3 Å². The molecule has 2 aromatic rings. The predicted octanol–water partition coefficient (Wildman–Crippen LogP) is 3.20. The Labute approximate surface area is 177 Å². The van der Waals surface area contributed by atoms with Gasteiger partial charge in [-0.15, -0.1) is 0 Å². The van der Waals surface area contributed by atoms with Gasteiger partial charge in [0.05, 0.1) is 24.7 Å². The van der Waals surface area contributed by atoms with Gasteiger partial charge in [0.2, 0.25) is 5.91 Å². The number of nitrogens with zero attached hydrogens (tertiary/aromatic N) is 1. The van der Waals surface area contributed by atoms with E-state index >= 15 is 0 Å². The molecular formula is C24H30N2O4. The van der Waals surface area contributed by atoms with Gasteiger partial charge in [-0.3, -0.25) is 4.79 Å². The van der Waals surface area contributed by atoms with E-state index in [1.165, 1.54) is 6.42 Å². The number of aliphatic hydroxyl groups is 1. The molecule has 3 N–H and O–H groups in total. The third-order valence-corrected chi connectivity index (χ3v) is 5.72. The molecule has 3 rings (SSSR count). The molecule has 1 aliphatic rings. The lowest BCUT2D eigenvalue weighted by molar-refractivity contribution is -0.120. The summed E-state index contributed by atoms with van der Waals surface area (Å²) in [6, 6.07) is 14.6. The average Bonchev–Trinajstić information content (AvgIpc) is 2.78. The molecule has 0 saturated carbocycles. The van der Waals surface area contributed by atoms with Gasteiger partial charge < -0.3 is 20.5 Å². The molecule has 0 spiro atoms. The Bertz CT molecular complexity index is 860. The smallest absolute Gasteiger partial charge is 0.338 e. The van der Waals surface area contributed by atoms with Crippen molar-refractivity contribution in [2.24, 2.45) is 5.73 Å². The maximum Gasteiger partial charge on any atom is 0.338 e. The monoisotopic (exact) mass is 410 g/mol. The van der Waals surface area contributed by atoms with Crippen LogP contribution in [0, 0.1) is 0 Å². The predicted molar refractivity (Wildman–Crippen MR) is 117 cm³/mol. The lowest BCUT2D eigenvalue weighted by Gasteiger charge is -2.34. The minimum Gasteiger partial charge on any atom is -0.462 e. The molecule has 6 heteroatoms. The number of para-hydroxylation sites is 1. The Balaban J connectivity index is 1.95. The van der Waals surface area contributed by atoms with Crippen LogP contribution >= 0.6 is 0 Å². The number of esters is 1. The lowest BCUT2D eigenvalue weighted by atomic mass is 9.80. The summed E-state index contributed by atoms with van der Waals surface area (Å²) >= 11 is 0. The highest BCUT2D eigenvalue weighted by Gasteiger charge is 2.32. The van der Waals surface area contributed by atoms with Gasteiger partial charge in [-0.05, 0) is 55.5 Å². The molecule has 2 unspecified atom stereocenters. The molecule has 1 saturated heterocycles. The normalized spacial score (nSPS) is 16.0. The third-order valence-electron chi connectivity index (χ3n) is 5.72. The number of piperidine rings is 1. The zero-order chi connectivity index (χ0) is 21.5. The van der Waals surface area contributed by atoms with E-state index in [2.05, 4.69) is 4.90 Å². The first-order chi connectivity index (χ1) is 14.6. The van der Waals surface area contributed by atoms with Crippen LogP contribution in [0.4, 0.5) is 5.69 Å². The number of hydrogen-bond donors (Lipinski definition) is 2. The van der Waals surface area contributed by atoms with Crippen molar-refractivity contribution in [3.8, 4) is 0 Å². The van der Waals surface area contributed by atoms with Crippen LogP contribution in [0.3, 0.4) is 0 Å². The Morgan fingerprint density at radius 1 is 1.07 bits per heavy atom. The van der Waals surface area contributed by atoms with Crippen LogP contribution in [0.25, 0.3) is 0 Å². The van der Waals surface area contributed by atoms with Crippen molar-refractivity contribution >= 4 is 17.6 Å². The van der Waals surface area contributed by atoms with Crippen molar-refractivity contribution in [2.45, 2.75) is 38.0 Å². The molecule has 1 amide bonds. The number of hydrogen-bond acceptors (Lipinski definition) is 5. The van der Waals surface area contributed by atoms with E-state index in [1.807, 2.05) is 24.3 Å². The van der Waals surface area contributed by atoms with Gasteiger partial charge in [0.25, 0.3) is 0 Å². The summed E-state index contributed by atoms with van der Waals surface area (Å²) < 4.78 is 5.02. The van der Waals surface area contributed by atoms with Crippen LogP contribution in [0.5, 0.6) is 0 Å². The Kier molecular flexibility index (Phi) is 7.46. The highest BCUT2D eigenvalue weighted by Crippen LogP contribution is 2.38. The van der Waals surface area contributed by atoms with Crippen molar-refractivity contribution in [2.75, 3.05) is 31.2 Å². The molecule has 1 heterocycles. The second kappa shape index (κ2) is 10.3. The summed E-state index contributed by atoms with van der Waals surface area (Å²) in [5.74, 6) is -2.11. The number of amides is 1. The van der Waals surface area contributed by atoms with E-state index in [4.69, 9.17) is 10.5 Å². The quantitative estimate of drug-likeness (QED) is 0.652. The van der Waals surface area contributed by atoms with E-state index in [-0.39, 0.29) is 6.61 Å². The van der Waals surface area contributed by atoms with Gasteiger partial charge in [0, 0.05) is 24.7 Å². The van der Waals surface area contributed by atoms with Gasteiger partial charge >= 0.3 is 5.97 Å². The second-order valence-corrected chi connectivity index (χ2v) is 7.62. The number of benzene rings is 2. The number of carbonyl (C=O) groups is 2. The van der Waals surface area contributed by atoms with Gasteiger partial charge in [-0.25, -0.2) is 4.79 Å². The highest BCUT2D eigenvalue weighted by molar-refractivity contribution is 5.90. The minimum atomic E-state index is -0.711. The van der Waals surface area contributed by atoms with Crippen molar-refractivity contribution in [3.63, 3.8) is 0 Å². The number of ether oxygens (including phenoxy) is 1. The lowest BCUT2D eigenvalue weighted by Crippen LogP contribution is -2.33. The van der Waals surface area contributed by atoms with Crippen LogP contribution in [-0.2, 0) is 9.53 Å². The summed E-state index contributed by atoms with van der Waals surface area (Å²) in [4.78, 5) is 26.7. The highest BCUT2D eigenvalue weighted by atomic mass is 16.5. The van der Waals surface area contributed by atoms with Gasteiger partial charge in [-0.2, -0.15) is 0 Å². The van der Waals surface area contributed by atoms with E-state index in [0.717, 1.165) is 37.2 Å². The minimum absolute atomic E-state index is 0.210. The maximum absolute atomic E-state index is 12.5. The fourth-order valence-corrected chi connectivity index (χ4v) is 4.24. The summed E-state index contributed by atoms with van der Waals surface area (Å²) in [6.07, 6.45) is 3.48. The van der Waals surface area contributed by atoms with Gasteiger partial charge in [-0.1, -0.05) is 30.3 Å². The van der Waals surface area contributed by atoms with E-state index in [9.17, 15) is 14.7 Å². The van der Waals surface area contributed by atoms with E-state index < -0.39 is 23.7 Å². The van der Waals surface area contributed by atoms with Crippen LogP contribution < -0.4 is 10.6 Å². The number of carbonyl (C=O) groups excluding carboxylic acids is 2. The molecule has 2 atom stereocenters. The standard InChI is InChI=1S/C24H30N2O4/c1-2-30-24(29)18-12-10-17(11-13-18)22(23(25)28)20(16-27)19-8-4-5-9-21(19)26-14-6-3-7-15-26/h4-5,8-13,20,22,27H,2-3,6-7,14-16H2,1H3,(H2,25,28). The number of primary amides is 1. The van der Waals surface area contributed by atoms with Crippen molar-refractivity contribution in [3.05, 3.63) is 65.2 Å². The maximum atomic E-state index is 12.5. The number of nitrogens with two attached hydrogens (primary N) is 1. The van der Waals surface area contributed by atoms with E-state index in [1.54, 1.807) is 31.2 Å². The molecule has 2 aromatic carbocycles. The first kappa shape index (κ1) is 21.8. The number of anilines is 1. The molecule has 0 radical (unpaired) electrons. The molecule has 1 aliphatic heterocycles. The SMILES string of the molecule is CCOC(=O)c1ccc(C(C(N)=O)C(CO)c2ccccc2N2CCCCC2)cc1. The van der Waals surface area contributed by atoms with Crippen molar-refractivity contribution in [1.82, 2.24) is 0 Å². The molecule has 30 heavy (non-hydrogen) atoms. The average molecular weight is 411 g/mol. The van der Waals surface area contributed by atoms with Crippen LogP contribution in [0.2, 0.25) is 0 Å². The molecule has 0 aromatic heterocycles. The Morgan fingerprint density at radius 2 is 1.73 bits per heavy atom. The molecule has 1 fully saturated rings. The summed E-state index contributed by atoms with van der Waals surface area (Å²) in [7, 11) is 0. The van der Waals surface area contributed by atoms with Gasteiger partial charge in [0.1, 0.15) is 0 Å². The molecular weight excluding hydrogens is 380 g/mol. The Morgan fingerprint density at radius 3 is 2.33 bits per heavy atom. The Hall–Kier alpha value is -2.86. The summed E-state index contributed by atoms with van der Waals surface area (Å²) in [5.41, 5.74) is 8.85. The molecule has 0 bridgehead atoms. The fourth-order valence-electron chi connectivity index (χ4n) is 4.24. The molecule has 0 aliphatic carbocycles. The van der Waals surface area contributed by atoms with Crippen LogP contribution in [0.1, 0.15) is 59.5 Å². The number of rotatable bonds is 8. The van der Waals surface area contributed by atoms with E-state index in [0.29, 0.717) is 17.7 Å². The topological polar surface area (TPSA) is 92.9 Å². The van der Waals surface area contributed by atoms with Crippen LogP contribution in [0.15, 0.2) is 48.5 Å². The second-order valence-electron chi connectivity index (χ2n) is 7.62. The fraction of sp³-hybridized carbons (Fsp3) is 0.417. The molecule has 160 valence electrons. The zero-order valence-corrected chi connectivity index (χ0v) is 17.4. The van der Waals surface area contributed by atoms with Crippen molar-refractivity contribution in [1.29, 1.82) is 0 Å². The zero-order valence-electron chi connectivity index (χ0n) is 17.4. The van der Waals surface area contributed by atoms with Gasteiger partial charge in [0.15, 0.2) is 0 Å².